The molecule has 6 nitrogen and oxygen atoms in total. The number of nitrogens with one attached hydrogen (secondary N) is 3. The van der Waals surface area contributed by atoms with Gasteiger partial charge in [-0.25, -0.2) is 0 Å². The Bertz CT molecular complexity index is 584. The maximum absolute atomic E-state index is 12.1. The molecule has 0 bridgehead atoms. The van der Waals surface area contributed by atoms with Gasteiger partial charge in [0.25, 0.3) is 5.91 Å². The highest BCUT2D eigenvalue weighted by atomic mass is 16.2. The van der Waals surface area contributed by atoms with E-state index in [4.69, 9.17) is 0 Å². The van der Waals surface area contributed by atoms with Crippen molar-refractivity contribution in [2.45, 2.75) is 20.3 Å². The van der Waals surface area contributed by atoms with Crippen molar-refractivity contribution in [2.75, 3.05) is 18.4 Å². The SMILES string of the molecule is CCNC(=O)c1ccc(C)c(NC(=O)C2CNC(=O)C2)c1. The van der Waals surface area contributed by atoms with Crippen molar-refractivity contribution in [2.24, 2.45) is 5.92 Å². The van der Waals surface area contributed by atoms with Crippen molar-refractivity contribution in [3.63, 3.8) is 0 Å². The van der Waals surface area contributed by atoms with E-state index < -0.39 is 0 Å². The summed E-state index contributed by atoms with van der Waals surface area (Å²) in [6, 6.07) is 5.16. The Morgan fingerprint density at radius 3 is 2.76 bits per heavy atom. The zero-order chi connectivity index (χ0) is 15.4. The van der Waals surface area contributed by atoms with Crippen LogP contribution in [0.25, 0.3) is 0 Å². The molecule has 1 aromatic rings. The molecule has 21 heavy (non-hydrogen) atoms. The van der Waals surface area contributed by atoms with Crippen LogP contribution in [0.15, 0.2) is 18.2 Å². The third-order valence-corrected chi connectivity index (χ3v) is 3.44. The number of hydrogen-bond donors (Lipinski definition) is 3. The molecule has 1 aliphatic heterocycles. The Morgan fingerprint density at radius 1 is 1.38 bits per heavy atom. The highest BCUT2D eigenvalue weighted by Crippen LogP contribution is 2.19. The monoisotopic (exact) mass is 289 g/mol. The number of aryl methyl sites for hydroxylation is 1. The summed E-state index contributed by atoms with van der Waals surface area (Å²) in [5.74, 6) is -0.844. The van der Waals surface area contributed by atoms with E-state index >= 15 is 0 Å². The molecule has 0 aliphatic carbocycles. The molecule has 0 aromatic heterocycles. The highest BCUT2D eigenvalue weighted by Gasteiger charge is 2.28. The predicted molar refractivity (Wildman–Crippen MR) is 78.9 cm³/mol. The summed E-state index contributed by atoms with van der Waals surface area (Å²) >= 11 is 0. The maximum atomic E-state index is 12.1. The number of rotatable bonds is 4. The number of anilines is 1. The van der Waals surface area contributed by atoms with Gasteiger partial charge in [0.05, 0.1) is 5.92 Å². The Labute approximate surface area is 123 Å². The summed E-state index contributed by atoms with van der Waals surface area (Å²) in [7, 11) is 0. The fraction of sp³-hybridized carbons (Fsp3) is 0.400. The maximum Gasteiger partial charge on any atom is 0.251 e. The Morgan fingerprint density at radius 2 is 2.14 bits per heavy atom. The first kappa shape index (κ1) is 15.0. The van der Waals surface area contributed by atoms with Gasteiger partial charge >= 0.3 is 0 Å². The van der Waals surface area contributed by atoms with Gasteiger partial charge in [0.2, 0.25) is 11.8 Å². The molecular formula is C15H19N3O3. The molecule has 3 N–H and O–H groups in total. The number of hydrogen-bond acceptors (Lipinski definition) is 3. The van der Waals surface area contributed by atoms with E-state index in [1.165, 1.54) is 0 Å². The minimum absolute atomic E-state index is 0.108. The van der Waals surface area contributed by atoms with Gasteiger partial charge in [-0.1, -0.05) is 6.07 Å². The summed E-state index contributed by atoms with van der Waals surface area (Å²) in [5.41, 5.74) is 1.97. The average Bonchev–Trinajstić information content (AvgIpc) is 2.88. The van der Waals surface area contributed by atoms with Crippen LogP contribution in [0.3, 0.4) is 0 Å². The van der Waals surface area contributed by atoms with Crippen LogP contribution in [-0.4, -0.2) is 30.8 Å². The van der Waals surface area contributed by atoms with E-state index in [0.717, 1.165) is 5.56 Å². The largest absolute Gasteiger partial charge is 0.355 e. The van der Waals surface area contributed by atoms with E-state index in [1.807, 2.05) is 13.8 Å². The van der Waals surface area contributed by atoms with E-state index in [9.17, 15) is 14.4 Å². The van der Waals surface area contributed by atoms with Crippen LogP contribution in [0.1, 0.15) is 29.3 Å². The molecule has 1 heterocycles. The molecule has 1 aromatic carbocycles. The summed E-state index contributed by atoms with van der Waals surface area (Å²) in [5, 5.41) is 8.15. The van der Waals surface area contributed by atoms with Crippen LogP contribution in [0.4, 0.5) is 5.69 Å². The number of carbonyl (C=O) groups is 3. The molecular weight excluding hydrogens is 270 g/mol. The Hall–Kier alpha value is -2.37. The molecule has 3 amide bonds. The third-order valence-electron chi connectivity index (χ3n) is 3.44. The summed E-state index contributed by atoms with van der Waals surface area (Å²) < 4.78 is 0. The lowest BCUT2D eigenvalue weighted by molar-refractivity contribution is -0.123. The smallest absolute Gasteiger partial charge is 0.251 e. The summed E-state index contributed by atoms with van der Waals surface area (Å²) in [6.07, 6.45) is 0.209. The van der Waals surface area contributed by atoms with Gasteiger partial charge in [-0.2, -0.15) is 0 Å². The second-order valence-electron chi connectivity index (χ2n) is 5.08. The number of carbonyl (C=O) groups excluding carboxylic acids is 3. The molecule has 1 atom stereocenters. The van der Waals surface area contributed by atoms with Crippen molar-refractivity contribution in [3.05, 3.63) is 29.3 Å². The second-order valence-corrected chi connectivity index (χ2v) is 5.08. The van der Waals surface area contributed by atoms with Gasteiger partial charge in [-0.05, 0) is 31.5 Å². The van der Waals surface area contributed by atoms with Gasteiger partial charge < -0.3 is 16.0 Å². The minimum atomic E-state index is -0.356. The molecule has 1 saturated heterocycles. The summed E-state index contributed by atoms with van der Waals surface area (Å²) in [6.45, 7) is 4.61. The summed E-state index contributed by atoms with van der Waals surface area (Å²) in [4.78, 5) is 35.1. The van der Waals surface area contributed by atoms with Crippen LogP contribution >= 0.6 is 0 Å². The van der Waals surface area contributed by atoms with Crippen LogP contribution in [0.5, 0.6) is 0 Å². The van der Waals surface area contributed by atoms with Crippen molar-refractivity contribution >= 4 is 23.4 Å². The molecule has 0 saturated carbocycles. The van der Waals surface area contributed by atoms with Crippen LogP contribution < -0.4 is 16.0 Å². The second kappa shape index (κ2) is 6.39. The first-order valence-corrected chi connectivity index (χ1v) is 6.97. The van der Waals surface area contributed by atoms with Gasteiger partial charge in [0.1, 0.15) is 0 Å². The van der Waals surface area contributed by atoms with Crippen molar-refractivity contribution in [1.29, 1.82) is 0 Å². The molecule has 1 fully saturated rings. The van der Waals surface area contributed by atoms with E-state index in [2.05, 4.69) is 16.0 Å². The quantitative estimate of drug-likeness (QED) is 0.767. The lowest BCUT2D eigenvalue weighted by atomic mass is 10.1. The van der Waals surface area contributed by atoms with Crippen molar-refractivity contribution < 1.29 is 14.4 Å². The number of amides is 3. The van der Waals surface area contributed by atoms with Crippen LogP contribution in [0, 0.1) is 12.8 Å². The lowest BCUT2D eigenvalue weighted by Crippen LogP contribution is -2.26. The van der Waals surface area contributed by atoms with E-state index in [-0.39, 0.29) is 30.1 Å². The van der Waals surface area contributed by atoms with Gasteiger partial charge in [-0.3, -0.25) is 14.4 Å². The zero-order valence-electron chi connectivity index (χ0n) is 12.2. The van der Waals surface area contributed by atoms with Crippen LogP contribution in [0.2, 0.25) is 0 Å². The Kier molecular flexibility index (Phi) is 4.57. The fourth-order valence-corrected chi connectivity index (χ4v) is 2.19. The van der Waals surface area contributed by atoms with Gasteiger partial charge in [0.15, 0.2) is 0 Å². The standard InChI is InChI=1S/C15H19N3O3/c1-3-16-14(20)10-5-4-9(2)12(6-10)18-15(21)11-7-13(19)17-8-11/h4-6,11H,3,7-8H2,1-2H3,(H,16,20)(H,17,19)(H,18,21). The normalized spacial score (nSPS) is 17.2. The first-order valence-electron chi connectivity index (χ1n) is 6.97. The lowest BCUT2D eigenvalue weighted by Gasteiger charge is -2.13. The minimum Gasteiger partial charge on any atom is -0.355 e. The predicted octanol–water partition coefficient (Wildman–Crippen LogP) is 0.819. The topological polar surface area (TPSA) is 87.3 Å². The molecule has 1 unspecified atom stereocenters. The molecule has 112 valence electrons. The first-order chi connectivity index (χ1) is 10.0. The van der Waals surface area contributed by atoms with E-state index in [0.29, 0.717) is 24.3 Å². The molecule has 0 radical (unpaired) electrons. The van der Waals surface area contributed by atoms with Crippen molar-refractivity contribution in [1.82, 2.24) is 10.6 Å². The highest BCUT2D eigenvalue weighted by molar-refractivity contribution is 6.00. The van der Waals surface area contributed by atoms with Gasteiger partial charge in [0, 0.05) is 30.8 Å². The molecule has 2 rings (SSSR count). The van der Waals surface area contributed by atoms with E-state index in [1.54, 1.807) is 18.2 Å². The number of benzene rings is 1. The average molecular weight is 289 g/mol. The molecule has 1 aliphatic rings. The van der Waals surface area contributed by atoms with Crippen molar-refractivity contribution in [3.8, 4) is 0 Å². The molecule has 0 spiro atoms. The fourth-order valence-electron chi connectivity index (χ4n) is 2.19. The molecule has 6 heteroatoms. The van der Waals surface area contributed by atoms with Gasteiger partial charge in [-0.15, -0.1) is 0 Å². The van der Waals surface area contributed by atoms with Crippen LogP contribution in [-0.2, 0) is 9.59 Å². The zero-order valence-corrected chi connectivity index (χ0v) is 12.2. The Balaban J connectivity index is 2.11. The third kappa shape index (κ3) is 3.59.